The minimum atomic E-state index is -0.768. The van der Waals surface area contributed by atoms with Crippen molar-refractivity contribution in [3.05, 3.63) is 48.6 Å². The Bertz CT molecular complexity index is 950. The highest BCUT2D eigenvalue weighted by Gasteiger charge is 2.16. The standard InChI is InChI=1S/C52H94O5/c1-3-5-7-9-11-13-15-17-19-20-21-22-23-24-25-26-27-28-29-30-31-32-33-35-37-39-41-43-45-47-52(55)57-50(48-53)49-56-51(54)46-44-42-40-38-36-34-18-16-14-12-10-8-6-4-2/h5,7,11,13,17,19,21-22,50,53H,3-4,6,8-10,12,14-16,18,20,23-49H2,1-2H3/b7-5-,13-11-,19-17-,22-21-. The van der Waals surface area contributed by atoms with Gasteiger partial charge >= 0.3 is 11.9 Å². The molecule has 0 bridgehead atoms. The van der Waals surface area contributed by atoms with E-state index in [1.54, 1.807) is 0 Å². The summed E-state index contributed by atoms with van der Waals surface area (Å²) < 4.78 is 10.7. The van der Waals surface area contributed by atoms with Crippen molar-refractivity contribution < 1.29 is 24.2 Å². The van der Waals surface area contributed by atoms with Gasteiger partial charge in [0.25, 0.3) is 0 Å². The summed E-state index contributed by atoms with van der Waals surface area (Å²) in [6.45, 7) is 4.05. The molecule has 5 nitrogen and oxygen atoms in total. The van der Waals surface area contributed by atoms with Crippen molar-refractivity contribution in [1.82, 2.24) is 0 Å². The van der Waals surface area contributed by atoms with Crippen LogP contribution in [0.1, 0.15) is 251 Å². The second-order valence-corrected chi connectivity index (χ2v) is 16.5. The molecule has 0 spiro atoms. The molecule has 0 radical (unpaired) electrons. The summed E-state index contributed by atoms with van der Waals surface area (Å²) in [4.78, 5) is 24.4. The summed E-state index contributed by atoms with van der Waals surface area (Å²) in [5, 5.41) is 9.60. The number of allylic oxidation sites excluding steroid dienone is 8. The third-order valence-electron chi connectivity index (χ3n) is 10.9. The van der Waals surface area contributed by atoms with Gasteiger partial charge in [0.1, 0.15) is 6.61 Å². The Hall–Kier alpha value is -2.14. The van der Waals surface area contributed by atoms with Gasteiger partial charge in [0.2, 0.25) is 0 Å². The number of esters is 2. The Morgan fingerprint density at radius 3 is 1.14 bits per heavy atom. The molecule has 0 aliphatic rings. The van der Waals surface area contributed by atoms with Crippen LogP contribution in [-0.4, -0.2) is 36.4 Å². The van der Waals surface area contributed by atoms with Crippen LogP contribution < -0.4 is 0 Å². The minimum Gasteiger partial charge on any atom is -0.462 e. The SMILES string of the molecule is CC/C=C\C/C=C\C/C=C\C/C=C\CCCCCCCCCCCCCCCCCCC(=O)OC(CO)COC(=O)CCCCCCCCCCCCCCCC. The Balaban J connectivity index is 3.45. The summed E-state index contributed by atoms with van der Waals surface area (Å²) in [7, 11) is 0. The third kappa shape index (κ3) is 46.4. The van der Waals surface area contributed by atoms with Gasteiger partial charge in [0.15, 0.2) is 6.10 Å². The molecule has 0 amide bonds. The van der Waals surface area contributed by atoms with E-state index in [1.165, 1.54) is 161 Å². The van der Waals surface area contributed by atoms with Crippen LogP contribution in [0.3, 0.4) is 0 Å². The van der Waals surface area contributed by atoms with E-state index in [0.29, 0.717) is 12.8 Å². The van der Waals surface area contributed by atoms with Crippen LogP contribution in [0.4, 0.5) is 0 Å². The molecule has 1 unspecified atom stereocenters. The molecule has 0 aromatic carbocycles. The lowest BCUT2D eigenvalue weighted by atomic mass is 10.0. The van der Waals surface area contributed by atoms with E-state index in [9.17, 15) is 14.7 Å². The zero-order valence-electron chi connectivity index (χ0n) is 37.9. The maximum absolute atomic E-state index is 12.2. The minimum absolute atomic E-state index is 0.0616. The first-order chi connectivity index (χ1) is 28.1. The highest BCUT2D eigenvalue weighted by atomic mass is 16.6. The van der Waals surface area contributed by atoms with Gasteiger partial charge in [0, 0.05) is 12.8 Å². The summed E-state index contributed by atoms with van der Waals surface area (Å²) >= 11 is 0. The van der Waals surface area contributed by atoms with Gasteiger partial charge in [-0.05, 0) is 51.4 Å². The van der Waals surface area contributed by atoms with Gasteiger partial charge in [-0.15, -0.1) is 0 Å². The van der Waals surface area contributed by atoms with Crippen molar-refractivity contribution in [3.63, 3.8) is 0 Å². The maximum atomic E-state index is 12.2. The molecule has 0 rings (SSSR count). The molecular weight excluding hydrogens is 705 g/mol. The normalized spacial score (nSPS) is 12.5. The van der Waals surface area contributed by atoms with Crippen molar-refractivity contribution in [1.29, 1.82) is 0 Å². The number of ether oxygens (including phenoxy) is 2. The second kappa shape index (κ2) is 48.2. The fourth-order valence-electron chi connectivity index (χ4n) is 7.19. The molecule has 0 saturated heterocycles. The molecule has 0 aromatic heterocycles. The van der Waals surface area contributed by atoms with Crippen LogP contribution in [0.15, 0.2) is 48.6 Å². The molecule has 57 heavy (non-hydrogen) atoms. The van der Waals surface area contributed by atoms with E-state index in [0.717, 1.165) is 64.2 Å². The van der Waals surface area contributed by atoms with Crippen molar-refractivity contribution in [2.45, 2.75) is 258 Å². The molecule has 0 aliphatic carbocycles. The fourth-order valence-corrected chi connectivity index (χ4v) is 7.19. The predicted octanol–water partition coefficient (Wildman–Crippen LogP) is 16.1. The van der Waals surface area contributed by atoms with Crippen molar-refractivity contribution in [2.24, 2.45) is 0 Å². The number of hydrogen-bond acceptors (Lipinski definition) is 5. The molecule has 332 valence electrons. The zero-order chi connectivity index (χ0) is 41.4. The van der Waals surface area contributed by atoms with Crippen LogP contribution in [0.25, 0.3) is 0 Å². The highest BCUT2D eigenvalue weighted by Crippen LogP contribution is 2.16. The predicted molar refractivity (Wildman–Crippen MR) is 247 cm³/mol. The van der Waals surface area contributed by atoms with Gasteiger partial charge in [-0.1, -0.05) is 236 Å². The lowest BCUT2D eigenvalue weighted by Gasteiger charge is -2.15. The molecule has 0 aromatic rings. The zero-order valence-corrected chi connectivity index (χ0v) is 37.9. The Morgan fingerprint density at radius 1 is 0.421 bits per heavy atom. The average molecular weight is 799 g/mol. The number of carbonyl (C=O) groups excluding carboxylic acids is 2. The largest absolute Gasteiger partial charge is 0.462 e. The van der Waals surface area contributed by atoms with E-state index in [2.05, 4.69) is 62.5 Å². The van der Waals surface area contributed by atoms with Gasteiger partial charge < -0.3 is 14.6 Å². The Morgan fingerprint density at radius 2 is 0.754 bits per heavy atom. The summed E-state index contributed by atoms with van der Waals surface area (Å²) in [5.41, 5.74) is 0. The number of hydrogen-bond donors (Lipinski definition) is 1. The first kappa shape index (κ1) is 54.9. The average Bonchev–Trinajstić information content (AvgIpc) is 3.21. The van der Waals surface area contributed by atoms with Crippen LogP contribution >= 0.6 is 0 Å². The molecular formula is C52H94O5. The van der Waals surface area contributed by atoms with E-state index in [-0.39, 0.29) is 25.2 Å². The molecule has 1 N–H and O–H groups in total. The first-order valence-electron chi connectivity index (χ1n) is 24.7. The fraction of sp³-hybridized carbons (Fsp3) is 0.808. The lowest BCUT2D eigenvalue weighted by Crippen LogP contribution is -2.28. The van der Waals surface area contributed by atoms with Gasteiger partial charge in [0.05, 0.1) is 6.61 Å². The highest BCUT2D eigenvalue weighted by molar-refractivity contribution is 5.70. The van der Waals surface area contributed by atoms with Crippen LogP contribution in [0, 0.1) is 0 Å². The van der Waals surface area contributed by atoms with E-state index in [4.69, 9.17) is 9.47 Å². The Labute approximate surface area is 354 Å². The van der Waals surface area contributed by atoms with E-state index in [1.807, 2.05) is 0 Å². The molecule has 5 heteroatoms. The van der Waals surface area contributed by atoms with Crippen LogP contribution in [-0.2, 0) is 19.1 Å². The van der Waals surface area contributed by atoms with Crippen LogP contribution in [0.2, 0.25) is 0 Å². The van der Waals surface area contributed by atoms with Gasteiger partial charge in [-0.3, -0.25) is 9.59 Å². The number of aliphatic hydroxyl groups is 1. The van der Waals surface area contributed by atoms with Crippen molar-refractivity contribution >= 4 is 11.9 Å². The van der Waals surface area contributed by atoms with Gasteiger partial charge in [-0.2, -0.15) is 0 Å². The number of aliphatic hydroxyl groups excluding tert-OH is 1. The third-order valence-corrected chi connectivity index (χ3v) is 10.9. The Kier molecular flexibility index (Phi) is 46.4. The number of carbonyl (C=O) groups is 2. The quantitative estimate of drug-likeness (QED) is 0.0377. The van der Waals surface area contributed by atoms with E-state index < -0.39 is 6.10 Å². The van der Waals surface area contributed by atoms with E-state index >= 15 is 0 Å². The smallest absolute Gasteiger partial charge is 0.306 e. The summed E-state index contributed by atoms with van der Waals surface area (Å²) in [6, 6.07) is 0. The summed E-state index contributed by atoms with van der Waals surface area (Å²) in [6.07, 6.45) is 62.1. The molecule has 0 fully saturated rings. The molecule has 0 heterocycles. The van der Waals surface area contributed by atoms with Crippen molar-refractivity contribution in [3.8, 4) is 0 Å². The second-order valence-electron chi connectivity index (χ2n) is 16.5. The lowest BCUT2D eigenvalue weighted by molar-refractivity contribution is -0.161. The number of rotatable bonds is 45. The van der Waals surface area contributed by atoms with Crippen molar-refractivity contribution in [2.75, 3.05) is 13.2 Å². The molecule has 1 atom stereocenters. The topological polar surface area (TPSA) is 72.8 Å². The maximum Gasteiger partial charge on any atom is 0.306 e. The molecule has 0 saturated carbocycles. The first-order valence-corrected chi connectivity index (χ1v) is 24.7. The van der Waals surface area contributed by atoms with Gasteiger partial charge in [-0.25, -0.2) is 0 Å². The monoisotopic (exact) mass is 799 g/mol. The molecule has 0 aliphatic heterocycles. The summed E-state index contributed by atoms with van der Waals surface area (Å²) in [5.74, 6) is -0.580. The van der Waals surface area contributed by atoms with Crippen LogP contribution in [0.5, 0.6) is 0 Å². The number of unbranched alkanes of at least 4 members (excludes halogenated alkanes) is 29.